The van der Waals surface area contributed by atoms with Gasteiger partial charge in [-0.3, -0.25) is 0 Å². The Morgan fingerprint density at radius 2 is 2.20 bits per heavy atom. The third-order valence-corrected chi connectivity index (χ3v) is 2.75. The molecule has 0 aliphatic carbocycles. The number of hydrogen-bond acceptors (Lipinski definition) is 4. The molecule has 1 aliphatic heterocycles. The quantitative estimate of drug-likeness (QED) is 0.719. The Bertz CT molecular complexity index is 269. The van der Waals surface area contributed by atoms with Crippen LogP contribution in [0.1, 0.15) is 18.5 Å². The molecule has 1 aromatic heterocycles. The fraction of sp³-hybridized carbons (Fsp3) is 0.636. The zero-order valence-corrected chi connectivity index (χ0v) is 9.02. The predicted molar refractivity (Wildman–Crippen MR) is 59.4 cm³/mol. The molecule has 1 N–H and O–H groups in total. The number of hydrogen-bond donors (Lipinski definition) is 1. The molecule has 1 aromatic rings. The molecule has 2 heterocycles. The Hall–Kier alpha value is -1.00. The van der Waals surface area contributed by atoms with Crippen molar-refractivity contribution >= 4 is 0 Å². The van der Waals surface area contributed by atoms with E-state index in [0.29, 0.717) is 0 Å². The topological polar surface area (TPSA) is 41.0 Å². The minimum absolute atomic E-state index is 0.844. The van der Waals surface area contributed by atoms with E-state index >= 15 is 0 Å². The van der Waals surface area contributed by atoms with E-state index in [-0.39, 0.29) is 0 Å². The molecule has 0 amide bonds. The van der Waals surface area contributed by atoms with E-state index in [1.807, 2.05) is 6.07 Å². The van der Waals surface area contributed by atoms with Crippen LogP contribution in [0, 0.1) is 0 Å². The minimum Gasteiger partial charge on any atom is -0.310 e. The highest BCUT2D eigenvalue weighted by atomic mass is 15.1. The van der Waals surface area contributed by atoms with Gasteiger partial charge in [0.15, 0.2) is 0 Å². The van der Waals surface area contributed by atoms with Gasteiger partial charge in [0.25, 0.3) is 0 Å². The van der Waals surface area contributed by atoms with Crippen molar-refractivity contribution in [3.63, 3.8) is 0 Å². The van der Waals surface area contributed by atoms with Crippen LogP contribution in [0.25, 0.3) is 0 Å². The molecule has 0 atom stereocenters. The van der Waals surface area contributed by atoms with Gasteiger partial charge in [0.1, 0.15) is 6.33 Å². The summed E-state index contributed by atoms with van der Waals surface area (Å²) in [5, 5.41) is 3.40. The second-order valence-corrected chi connectivity index (χ2v) is 3.93. The molecule has 15 heavy (non-hydrogen) atoms. The Morgan fingerprint density at radius 1 is 1.33 bits per heavy atom. The maximum Gasteiger partial charge on any atom is 0.115 e. The molecule has 4 nitrogen and oxygen atoms in total. The van der Waals surface area contributed by atoms with E-state index in [2.05, 4.69) is 20.2 Å². The van der Waals surface area contributed by atoms with E-state index < -0.39 is 0 Å². The molecule has 82 valence electrons. The molecule has 0 radical (unpaired) electrons. The second kappa shape index (κ2) is 5.78. The normalized spacial score (nSPS) is 17.1. The van der Waals surface area contributed by atoms with Gasteiger partial charge in [-0.2, -0.15) is 0 Å². The highest BCUT2D eigenvalue weighted by molar-refractivity contribution is 4.96. The third kappa shape index (κ3) is 3.57. The van der Waals surface area contributed by atoms with E-state index in [1.165, 1.54) is 25.9 Å². The standard InChI is InChI=1S/C11H18N4/c1-2-7-15(6-1)8-5-12-9-11-3-4-13-10-14-11/h3-4,10,12H,1-2,5-9H2. The molecule has 1 saturated heterocycles. The number of likely N-dealkylation sites (tertiary alicyclic amines) is 1. The van der Waals surface area contributed by atoms with Crippen molar-refractivity contribution in [2.24, 2.45) is 0 Å². The zero-order chi connectivity index (χ0) is 10.3. The maximum absolute atomic E-state index is 4.16. The van der Waals surface area contributed by atoms with Crippen LogP contribution in [-0.4, -0.2) is 41.0 Å². The van der Waals surface area contributed by atoms with Gasteiger partial charge >= 0.3 is 0 Å². The van der Waals surface area contributed by atoms with Crippen LogP contribution >= 0.6 is 0 Å². The molecule has 0 unspecified atom stereocenters. The first kappa shape index (κ1) is 10.5. The SMILES string of the molecule is c1cc(CNCCN2CCCC2)ncn1. The molecule has 2 rings (SSSR count). The van der Waals surface area contributed by atoms with E-state index in [4.69, 9.17) is 0 Å². The van der Waals surface area contributed by atoms with Crippen molar-refractivity contribution in [1.82, 2.24) is 20.2 Å². The van der Waals surface area contributed by atoms with Crippen molar-refractivity contribution in [2.45, 2.75) is 19.4 Å². The molecule has 1 fully saturated rings. The van der Waals surface area contributed by atoms with Gasteiger partial charge in [0.05, 0.1) is 5.69 Å². The largest absolute Gasteiger partial charge is 0.310 e. The third-order valence-electron chi connectivity index (χ3n) is 2.75. The second-order valence-electron chi connectivity index (χ2n) is 3.93. The lowest BCUT2D eigenvalue weighted by Gasteiger charge is -2.14. The van der Waals surface area contributed by atoms with Gasteiger partial charge in [0.2, 0.25) is 0 Å². The summed E-state index contributed by atoms with van der Waals surface area (Å²) >= 11 is 0. The van der Waals surface area contributed by atoms with E-state index in [1.54, 1.807) is 12.5 Å². The van der Waals surface area contributed by atoms with E-state index in [0.717, 1.165) is 25.3 Å². The Kier molecular flexibility index (Phi) is 4.05. The van der Waals surface area contributed by atoms with E-state index in [9.17, 15) is 0 Å². The van der Waals surface area contributed by atoms with Gasteiger partial charge in [-0.15, -0.1) is 0 Å². The summed E-state index contributed by atoms with van der Waals surface area (Å²) < 4.78 is 0. The van der Waals surface area contributed by atoms with Crippen LogP contribution < -0.4 is 5.32 Å². The first-order chi connectivity index (χ1) is 7.45. The average molecular weight is 206 g/mol. The summed E-state index contributed by atoms with van der Waals surface area (Å²) in [5.74, 6) is 0. The van der Waals surface area contributed by atoms with Crippen LogP contribution in [-0.2, 0) is 6.54 Å². The molecular formula is C11H18N4. The Balaban J connectivity index is 1.59. The summed E-state index contributed by atoms with van der Waals surface area (Å²) in [6.45, 7) is 5.59. The molecule has 0 bridgehead atoms. The molecular weight excluding hydrogens is 188 g/mol. The van der Waals surface area contributed by atoms with Crippen LogP contribution in [0.2, 0.25) is 0 Å². The molecule has 0 aromatic carbocycles. The summed E-state index contributed by atoms with van der Waals surface area (Å²) in [5.41, 5.74) is 1.06. The number of nitrogens with zero attached hydrogens (tertiary/aromatic N) is 3. The van der Waals surface area contributed by atoms with Gasteiger partial charge in [-0.25, -0.2) is 9.97 Å². The number of rotatable bonds is 5. The summed E-state index contributed by atoms with van der Waals surface area (Å²) in [6, 6.07) is 1.95. The Morgan fingerprint density at radius 3 is 2.93 bits per heavy atom. The van der Waals surface area contributed by atoms with Crippen LogP contribution in [0.3, 0.4) is 0 Å². The zero-order valence-electron chi connectivity index (χ0n) is 9.02. The fourth-order valence-corrected chi connectivity index (χ4v) is 1.88. The summed E-state index contributed by atoms with van der Waals surface area (Å²) in [7, 11) is 0. The van der Waals surface area contributed by atoms with Gasteiger partial charge < -0.3 is 10.2 Å². The van der Waals surface area contributed by atoms with Gasteiger partial charge in [-0.1, -0.05) is 0 Å². The highest BCUT2D eigenvalue weighted by Crippen LogP contribution is 2.05. The lowest BCUT2D eigenvalue weighted by atomic mass is 10.4. The van der Waals surface area contributed by atoms with Gasteiger partial charge in [-0.05, 0) is 32.0 Å². The molecule has 4 heteroatoms. The smallest absolute Gasteiger partial charge is 0.115 e. The van der Waals surface area contributed by atoms with Crippen molar-refractivity contribution in [3.8, 4) is 0 Å². The first-order valence-corrected chi connectivity index (χ1v) is 5.63. The van der Waals surface area contributed by atoms with Crippen molar-refractivity contribution in [1.29, 1.82) is 0 Å². The van der Waals surface area contributed by atoms with Crippen LogP contribution in [0.5, 0.6) is 0 Å². The van der Waals surface area contributed by atoms with Crippen LogP contribution in [0.15, 0.2) is 18.6 Å². The number of aromatic nitrogens is 2. The highest BCUT2D eigenvalue weighted by Gasteiger charge is 2.09. The first-order valence-electron chi connectivity index (χ1n) is 5.63. The average Bonchev–Trinajstić information content (AvgIpc) is 2.79. The van der Waals surface area contributed by atoms with Crippen molar-refractivity contribution in [2.75, 3.05) is 26.2 Å². The minimum atomic E-state index is 0.844. The van der Waals surface area contributed by atoms with Gasteiger partial charge in [0, 0.05) is 25.8 Å². The molecule has 0 saturated carbocycles. The van der Waals surface area contributed by atoms with Crippen molar-refractivity contribution < 1.29 is 0 Å². The lowest BCUT2D eigenvalue weighted by Crippen LogP contribution is -2.29. The fourth-order valence-electron chi connectivity index (χ4n) is 1.88. The molecule has 1 aliphatic rings. The monoisotopic (exact) mass is 206 g/mol. The van der Waals surface area contributed by atoms with Crippen molar-refractivity contribution in [3.05, 3.63) is 24.3 Å². The lowest BCUT2D eigenvalue weighted by molar-refractivity contribution is 0.335. The number of nitrogens with one attached hydrogen (secondary N) is 1. The maximum atomic E-state index is 4.16. The Labute approximate surface area is 90.7 Å². The summed E-state index contributed by atoms with van der Waals surface area (Å²) in [4.78, 5) is 10.6. The van der Waals surface area contributed by atoms with Crippen LogP contribution in [0.4, 0.5) is 0 Å². The molecule has 0 spiro atoms. The predicted octanol–water partition coefficient (Wildman–Crippen LogP) is 0.662. The summed E-state index contributed by atoms with van der Waals surface area (Å²) in [6.07, 6.45) is 6.11.